The second kappa shape index (κ2) is 5.52. The summed E-state index contributed by atoms with van der Waals surface area (Å²) in [6.45, 7) is 0.521. The van der Waals surface area contributed by atoms with Crippen molar-refractivity contribution < 1.29 is 4.74 Å². The molecule has 0 radical (unpaired) electrons. The van der Waals surface area contributed by atoms with Gasteiger partial charge < -0.3 is 10.5 Å². The maximum Gasteiger partial charge on any atom is 0.215 e. The Bertz CT molecular complexity index is 730. The molecule has 0 atom stereocenters. The van der Waals surface area contributed by atoms with Gasteiger partial charge in [0.15, 0.2) is 5.65 Å². The number of fused-ring (bicyclic) bond motifs is 1. The minimum atomic E-state index is 0.521. The first-order valence-corrected chi connectivity index (χ1v) is 6.37. The highest BCUT2D eigenvalue weighted by Crippen LogP contribution is 2.14. The van der Waals surface area contributed by atoms with Crippen molar-refractivity contribution in [3.05, 3.63) is 54.4 Å². The molecule has 0 saturated carbocycles. The Morgan fingerprint density at radius 3 is 2.75 bits per heavy atom. The number of aromatic nitrogens is 3. The summed E-state index contributed by atoms with van der Waals surface area (Å²) < 4.78 is 5.64. The van der Waals surface area contributed by atoms with Gasteiger partial charge in [0.05, 0.1) is 6.61 Å². The van der Waals surface area contributed by atoms with E-state index in [1.54, 1.807) is 18.5 Å². The highest BCUT2D eigenvalue weighted by atomic mass is 16.5. The van der Waals surface area contributed by atoms with Crippen molar-refractivity contribution in [2.75, 3.05) is 12.3 Å². The van der Waals surface area contributed by atoms with Crippen LogP contribution in [0.2, 0.25) is 0 Å². The van der Waals surface area contributed by atoms with Crippen molar-refractivity contribution in [2.24, 2.45) is 0 Å². The van der Waals surface area contributed by atoms with E-state index in [1.165, 1.54) is 0 Å². The summed E-state index contributed by atoms with van der Waals surface area (Å²) in [5.74, 6) is 0.549. The van der Waals surface area contributed by atoms with E-state index >= 15 is 0 Å². The number of nitrogens with zero attached hydrogens (tertiary/aromatic N) is 3. The minimum Gasteiger partial charge on any atom is -0.477 e. The van der Waals surface area contributed by atoms with Gasteiger partial charge in [-0.1, -0.05) is 18.2 Å². The predicted molar refractivity (Wildman–Crippen MR) is 77.4 cm³/mol. The molecule has 2 heterocycles. The first kappa shape index (κ1) is 12.3. The molecule has 0 saturated heterocycles. The third kappa shape index (κ3) is 2.66. The zero-order valence-corrected chi connectivity index (χ0v) is 10.9. The molecule has 100 valence electrons. The first-order chi connectivity index (χ1) is 9.83. The fraction of sp³-hybridized carbons (Fsp3) is 0.133. The number of para-hydroxylation sites is 1. The third-order valence-electron chi connectivity index (χ3n) is 2.98. The summed E-state index contributed by atoms with van der Waals surface area (Å²) in [6.07, 6.45) is 4.00. The molecule has 3 rings (SSSR count). The zero-order chi connectivity index (χ0) is 13.8. The quantitative estimate of drug-likeness (QED) is 0.733. The van der Waals surface area contributed by atoms with Crippen LogP contribution in [0.3, 0.4) is 0 Å². The molecule has 5 nitrogen and oxygen atoms in total. The van der Waals surface area contributed by atoms with Gasteiger partial charge in [-0.05, 0) is 17.7 Å². The second-order valence-corrected chi connectivity index (χ2v) is 4.35. The highest BCUT2D eigenvalue weighted by molar-refractivity contribution is 5.69. The Hall–Kier alpha value is -2.69. The van der Waals surface area contributed by atoms with Gasteiger partial charge in [0.2, 0.25) is 5.88 Å². The van der Waals surface area contributed by atoms with Crippen molar-refractivity contribution in [1.82, 2.24) is 15.0 Å². The molecular formula is C15H14N4O. The van der Waals surface area contributed by atoms with E-state index in [9.17, 15) is 0 Å². The summed E-state index contributed by atoms with van der Waals surface area (Å²) in [7, 11) is 0. The van der Waals surface area contributed by atoms with Gasteiger partial charge in [-0.25, -0.2) is 4.98 Å². The number of hydrogen-bond donors (Lipinski definition) is 1. The molecule has 0 unspecified atom stereocenters. The molecule has 0 aliphatic rings. The SMILES string of the molecule is Nc1ccccc1CCOc1ccc2nccnc2n1. The second-order valence-electron chi connectivity index (χ2n) is 4.35. The molecule has 3 aromatic rings. The fourth-order valence-electron chi connectivity index (χ4n) is 1.94. The smallest absolute Gasteiger partial charge is 0.215 e. The number of pyridine rings is 1. The van der Waals surface area contributed by atoms with Crippen LogP contribution in [0.4, 0.5) is 5.69 Å². The Morgan fingerprint density at radius 2 is 1.85 bits per heavy atom. The summed E-state index contributed by atoms with van der Waals surface area (Å²) in [5.41, 5.74) is 9.09. The predicted octanol–water partition coefficient (Wildman–Crippen LogP) is 2.23. The molecule has 2 aromatic heterocycles. The molecular weight excluding hydrogens is 252 g/mol. The monoisotopic (exact) mass is 266 g/mol. The Labute approximate surface area is 116 Å². The molecule has 5 heteroatoms. The van der Waals surface area contributed by atoms with Gasteiger partial charge in [0.1, 0.15) is 5.52 Å². The van der Waals surface area contributed by atoms with E-state index in [2.05, 4.69) is 15.0 Å². The van der Waals surface area contributed by atoms with Crippen LogP contribution in [0.1, 0.15) is 5.56 Å². The normalized spacial score (nSPS) is 10.6. The highest BCUT2D eigenvalue weighted by Gasteiger charge is 2.02. The number of benzene rings is 1. The first-order valence-electron chi connectivity index (χ1n) is 6.37. The van der Waals surface area contributed by atoms with Crippen molar-refractivity contribution in [3.8, 4) is 5.88 Å². The van der Waals surface area contributed by atoms with Crippen molar-refractivity contribution in [2.45, 2.75) is 6.42 Å². The third-order valence-corrected chi connectivity index (χ3v) is 2.98. The van der Waals surface area contributed by atoms with Crippen molar-refractivity contribution in [1.29, 1.82) is 0 Å². The van der Waals surface area contributed by atoms with E-state index in [0.29, 0.717) is 18.1 Å². The van der Waals surface area contributed by atoms with Crippen LogP contribution in [0.5, 0.6) is 5.88 Å². The number of nitrogens with two attached hydrogens (primary N) is 1. The fourth-order valence-corrected chi connectivity index (χ4v) is 1.94. The minimum absolute atomic E-state index is 0.521. The number of hydrogen-bond acceptors (Lipinski definition) is 5. The van der Waals surface area contributed by atoms with Crippen LogP contribution in [0.25, 0.3) is 11.2 Å². The lowest BCUT2D eigenvalue weighted by Gasteiger charge is -2.07. The number of anilines is 1. The summed E-state index contributed by atoms with van der Waals surface area (Å²) in [5, 5.41) is 0. The topological polar surface area (TPSA) is 73.9 Å². The molecule has 0 fully saturated rings. The van der Waals surface area contributed by atoms with Crippen molar-refractivity contribution in [3.63, 3.8) is 0 Å². The molecule has 20 heavy (non-hydrogen) atoms. The summed E-state index contributed by atoms with van der Waals surface area (Å²) in [6, 6.07) is 11.4. The zero-order valence-electron chi connectivity index (χ0n) is 10.9. The van der Waals surface area contributed by atoms with Crippen LogP contribution >= 0.6 is 0 Å². The molecule has 2 N–H and O–H groups in total. The van der Waals surface area contributed by atoms with Crippen LogP contribution in [0, 0.1) is 0 Å². The van der Waals surface area contributed by atoms with E-state index in [-0.39, 0.29) is 0 Å². The van der Waals surface area contributed by atoms with E-state index in [0.717, 1.165) is 23.2 Å². The van der Waals surface area contributed by atoms with Crippen LogP contribution in [-0.2, 0) is 6.42 Å². The van der Waals surface area contributed by atoms with Crippen LogP contribution in [0.15, 0.2) is 48.8 Å². The van der Waals surface area contributed by atoms with E-state index in [1.807, 2.05) is 30.3 Å². The Morgan fingerprint density at radius 1 is 1.00 bits per heavy atom. The van der Waals surface area contributed by atoms with Gasteiger partial charge in [-0.3, -0.25) is 4.98 Å². The number of ether oxygens (including phenoxy) is 1. The number of nitrogen functional groups attached to an aromatic ring is 1. The largest absolute Gasteiger partial charge is 0.477 e. The molecule has 0 bridgehead atoms. The van der Waals surface area contributed by atoms with Crippen LogP contribution < -0.4 is 10.5 Å². The lowest BCUT2D eigenvalue weighted by Crippen LogP contribution is -2.05. The van der Waals surface area contributed by atoms with E-state index < -0.39 is 0 Å². The molecule has 1 aromatic carbocycles. The standard InChI is InChI=1S/C15H14N4O/c16-12-4-2-1-3-11(12)7-10-20-14-6-5-13-15(19-14)18-9-8-17-13/h1-6,8-9H,7,10,16H2. The average molecular weight is 266 g/mol. The van der Waals surface area contributed by atoms with Crippen LogP contribution in [-0.4, -0.2) is 21.6 Å². The maximum absolute atomic E-state index is 5.88. The lowest BCUT2D eigenvalue weighted by molar-refractivity contribution is 0.310. The van der Waals surface area contributed by atoms with Gasteiger partial charge in [-0.2, -0.15) is 4.98 Å². The van der Waals surface area contributed by atoms with Gasteiger partial charge in [0, 0.05) is 30.6 Å². The van der Waals surface area contributed by atoms with Gasteiger partial charge in [-0.15, -0.1) is 0 Å². The van der Waals surface area contributed by atoms with Gasteiger partial charge in [0.25, 0.3) is 0 Å². The molecule has 0 amide bonds. The molecule has 0 aliphatic carbocycles. The van der Waals surface area contributed by atoms with E-state index in [4.69, 9.17) is 10.5 Å². The number of rotatable bonds is 4. The van der Waals surface area contributed by atoms with Gasteiger partial charge >= 0.3 is 0 Å². The summed E-state index contributed by atoms with van der Waals surface area (Å²) in [4.78, 5) is 12.6. The maximum atomic E-state index is 5.88. The molecule has 0 spiro atoms. The van der Waals surface area contributed by atoms with Crippen molar-refractivity contribution >= 4 is 16.9 Å². The average Bonchev–Trinajstić information content (AvgIpc) is 2.49. The Kier molecular flexibility index (Phi) is 3.41. The molecule has 0 aliphatic heterocycles. The Balaban J connectivity index is 1.67. The summed E-state index contributed by atoms with van der Waals surface area (Å²) >= 11 is 0. The lowest BCUT2D eigenvalue weighted by atomic mass is 10.1.